The number of carbonyl (C=O) groups excluding carboxylic acids is 1. The molecule has 2 rings (SSSR count). The van der Waals surface area contributed by atoms with Crippen molar-refractivity contribution in [3.63, 3.8) is 0 Å². The Balaban J connectivity index is 2.30. The lowest BCUT2D eigenvalue weighted by Gasteiger charge is -2.24. The molecule has 0 amide bonds. The summed E-state index contributed by atoms with van der Waals surface area (Å²) < 4.78 is 10.3. The number of hydrogen-bond donors (Lipinski definition) is 1. The van der Waals surface area contributed by atoms with E-state index < -0.39 is 5.41 Å². The van der Waals surface area contributed by atoms with E-state index in [1.165, 1.54) is 13.3 Å². The van der Waals surface area contributed by atoms with Crippen LogP contribution in [0.15, 0.2) is 18.5 Å². The molecule has 0 saturated carbocycles. The van der Waals surface area contributed by atoms with Gasteiger partial charge in [-0.25, -0.2) is 0 Å². The predicted molar refractivity (Wildman–Crippen MR) is 62.0 cm³/mol. The van der Waals surface area contributed by atoms with Gasteiger partial charge in [-0.15, -0.1) is 0 Å². The number of pyridine rings is 1. The SMILES string of the molecule is COc1cncc(C(=O)C2(C)COCC2N)c1. The fourth-order valence-electron chi connectivity index (χ4n) is 1.91. The van der Waals surface area contributed by atoms with E-state index in [0.717, 1.165) is 0 Å². The first-order valence-corrected chi connectivity index (χ1v) is 5.45. The van der Waals surface area contributed by atoms with Gasteiger partial charge in [0.25, 0.3) is 0 Å². The summed E-state index contributed by atoms with van der Waals surface area (Å²) in [5.41, 5.74) is 5.76. The number of methoxy groups -OCH3 is 1. The number of ketones is 1. The Hall–Kier alpha value is -1.46. The maximum absolute atomic E-state index is 12.4. The fourth-order valence-corrected chi connectivity index (χ4v) is 1.91. The zero-order valence-electron chi connectivity index (χ0n) is 9.97. The van der Waals surface area contributed by atoms with Gasteiger partial charge < -0.3 is 15.2 Å². The molecule has 1 aromatic rings. The van der Waals surface area contributed by atoms with Crippen molar-refractivity contribution in [2.24, 2.45) is 11.1 Å². The van der Waals surface area contributed by atoms with E-state index in [1.807, 2.05) is 6.92 Å². The van der Waals surface area contributed by atoms with Crippen LogP contribution in [0.3, 0.4) is 0 Å². The molecule has 2 unspecified atom stereocenters. The number of nitrogens with zero attached hydrogens (tertiary/aromatic N) is 1. The molecule has 0 bridgehead atoms. The first kappa shape index (κ1) is 12.0. The average Bonchev–Trinajstić information content (AvgIpc) is 2.70. The molecule has 17 heavy (non-hydrogen) atoms. The summed E-state index contributed by atoms with van der Waals surface area (Å²) in [4.78, 5) is 16.4. The van der Waals surface area contributed by atoms with Crippen molar-refractivity contribution in [3.05, 3.63) is 24.0 Å². The minimum absolute atomic E-state index is 0.0473. The van der Waals surface area contributed by atoms with Gasteiger partial charge in [0.15, 0.2) is 5.78 Å². The molecule has 2 atom stereocenters. The van der Waals surface area contributed by atoms with Gasteiger partial charge in [-0.1, -0.05) is 0 Å². The van der Waals surface area contributed by atoms with Crippen molar-refractivity contribution >= 4 is 5.78 Å². The van der Waals surface area contributed by atoms with Gasteiger partial charge in [0.1, 0.15) is 5.75 Å². The second-order valence-corrected chi connectivity index (χ2v) is 4.48. The van der Waals surface area contributed by atoms with E-state index in [9.17, 15) is 4.79 Å². The largest absolute Gasteiger partial charge is 0.495 e. The van der Waals surface area contributed by atoms with Gasteiger partial charge in [-0.3, -0.25) is 9.78 Å². The van der Waals surface area contributed by atoms with E-state index >= 15 is 0 Å². The van der Waals surface area contributed by atoms with Crippen LogP contribution in [0.1, 0.15) is 17.3 Å². The molecule has 1 aliphatic rings. The molecule has 1 aromatic heterocycles. The molecule has 1 saturated heterocycles. The van der Waals surface area contributed by atoms with Crippen LogP contribution in [0.2, 0.25) is 0 Å². The lowest BCUT2D eigenvalue weighted by Crippen LogP contribution is -2.44. The number of hydrogen-bond acceptors (Lipinski definition) is 5. The molecule has 0 aromatic carbocycles. The van der Waals surface area contributed by atoms with Crippen molar-refractivity contribution in [1.29, 1.82) is 0 Å². The van der Waals surface area contributed by atoms with Crippen LogP contribution in [0.4, 0.5) is 0 Å². The molecule has 2 heterocycles. The number of aromatic nitrogens is 1. The Bertz CT molecular complexity index is 436. The summed E-state index contributed by atoms with van der Waals surface area (Å²) in [5, 5.41) is 0. The third-order valence-electron chi connectivity index (χ3n) is 3.25. The first-order chi connectivity index (χ1) is 8.08. The Morgan fingerprint density at radius 2 is 2.41 bits per heavy atom. The van der Waals surface area contributed by atoms with Gasteiger partial charge in [0.2, 0.25) is 0 Å². The zero-order chi connectivity index (χ0) is 12.5. The normalized spacial score (nSPS) is 28.1. The van der Waals surface area contributed by atoms with Crippen molar-refractivity contribution in [1.82, 2.24) is 4.98 Å². The van der Waals surface area contributed by atoms with Crippen molar-refractivity contribution in [2.45, 2.75) is 13.0 Å². The smallest absolute Gasteiger partial charge is 0.174 e. The van der Waals surface area contributed by atoms with Crippen LogP contribution in [-0.2, 0) is 4.74 Å². The fraction of sp³-hybridized carbons (Fsp3) is 0.500. The Morgan fingerprint density at radius 3 is 3.00 bits per heavy atom. The highest BCUT2D eigenvalue weighted by Gasteiger charge is 2.44. The van der Waals surface area contributed by atoms with Gasteiger partial charge in [-0.05, 0) is 13.0 Å². The third-order valence-corrected chi connectivity index (χ3v) is 3.25. The van der Waals surface area contributed by atoms with E-state index in [-0.39, 0.29) is 11.8 Å². The molecule has 0 spiro atoms. The van der Waals surface area contributed by atoms with Gasteiger partial charge >= 0.3 is 0 Å². The molecule has 92 valence electrons. The first-order valence-electron chi connectivity index (χ1n) is 5.45. The Labute approximate surface area is 99.9 Å². The van der Waals surface area contributed by atoms with Gasteiger partial charge in [0, 0.05) is 17.8 Å². The van der Waals surface area contributed by atoms with E-state index in [2.05, 4.69) is 4.98 Å². The van der Waals surface area contributed by atoms with Crippen molar-refractivity contribution < 1.29 is 14.3 Å². The lowest BCUT2D eigenvalue weighted by molar-refractivity contribution is 0.0767. The summed E-state index contributed by atoms with van der Waals surface area (Å²) in [5.74, 6) is 0.515. The second-order valence-electron chi connectivity index (χ2n) is 4.48. The number of carbonyl (C=O) groups is 1. The molecule has 2 N–H and O–H groups in total. The maximum Gasteiger partial charge on any atom is 0.174 e. The predicted octanol–water partition coefficient (Wildman–Crippen LogP) is 0.637. The molecular weight excluding hydrogens is 220 g/mol. The van der Waals surface area contributed by atoms with Crippen LogP contribution in [0.25, 0.3) is 0 Å². The molecule has 0 radical (unpaired) electrons. The minimum atomic E-state index is -0.673. The van der Waals surface area contributed by atoms with E-state index in [1.54, 1.807) is 12.3 Å². The molecule has 5 heteroatoms. The quantitative estimate of drug-likeness (QED) is 0.779. The Kier molecular flexibility index (Phi) is 3.13. The van der Waals surface area contributed by atoms with Gasteiger partial charge in [0.05, 0.1) is 31.9 Å². The van der Waals surface area contributed by atoms with Crippen molar-refractivity contribution in [2.75, 3.05) is 20.3 Å². The average molecular weight is 236 g/mol. The molecule has 1 fully saturated rings. The molecule has 1 aliphatic heterocycles. The second kappa shape index (κ2) is 4.43. The minimum Gasteiger partial charge on any atom is -0.495 e. The third kappa shape index (κ3) is 2.03. The number of rotatable bonds is 3. The van der Waals surface area contributed by atoms with Crippen LogP contribution in [0, 0.1) is 5.41 Å². The summed E-state index contributed by atoms with van der Waals surface area (Å²) in [6, 6.07) is 1.40. The molecule has 5 nitrogen and oxygen atoms in total. The van der Waals surface area contributed by atoms with E-state index in [0.29, 0.717) is 24.5 Å². The monoisotopic (exact) mass is 236 g/mol. The number of Topliss-reactive ketones (excluding diaryl/α,β-unsaturated/α-hetero) is 1. The molecule has 0 aliphatic carbocycles. The zero-order valence-corrected chi connectivity index (χ0v) is 9.97. The maximum atomic E-state index is 12.4. The summed E-state index contributed by atoms with van der Waals surface area (Å²) in [6.45, 7) is 2.59. The van der Waals surface area contributed by atoms with Crippen LogP contribution in [0.5, 0.6) is 5.75 Å². The topological polar surface area (TPSA) is 74.4 Å². The van der Waals surface area contributed by atoms with Gasteiger partial charge in [-0.2, -0.15) is 0 Å². The standard InChI is InChI=1S/C12H16N2O3/c1-12(7-17-6-10(12)13)11(15)8-3-9(16-2)5-14-4-8/h3-5,10H,6-7,13H2,1-2H3. The van der Waals surface area contributed by atoms with Crippen LogP contribution in [-0.4, -0.2) is 37.1 Å². The summed E-state index contributed by atoms with van der Waals surface area (Å²) >= 11 is 0. The number of ether oxygens (including phenoxy) is 2. The van der Waals surface area contributed by atoms with Crippen LogP contribution < -0.4 is 10.5 Å². The highest BCUT2D eigenvalue weighted by molar-refractivity contribution is 6.01. The number of nitrogens with two attached hydrogens (primary N) is 1. The Morgan fingerprint density at radius 1 is 1.65 bits per heavy atom. The lowest BCUT2D eigenvalue weighted by atomic mass is 9.79. The molecular formula is C12H16N2O3. The van der Waals surface area contributed by atoms with Crippen molar-refractivity contribution in [3.8, 4) is 5.75 Å². The summed E-state index contributed by atoms with van der Waals surface area (Å²) in [7, 11) is 1.54. The highest BCUT2D eigenvalue weighted by atomic mass is 16.5. The highest BCUT2D eigenvalue weighted by Crippen LogP contribution is 2.31. The summed E-state index contributed by atoms with van der Waals surface area (Å²) in [6.07, 6.45) is 3.09. The van der Waals surface area contributed by atoms with Crippen LogP contribution >= 0.6 is 0 Å². The van der Waals surface area contributed by atoms with E-state index in [4.69, 9.17) is 15.2 Å².